The smallest absolute Gasteiger partial charge is 0.129 e. The topological polar surface area (TPSA) is 26.0 Å². The van der Waals surface area contributed by atoms with Crippen molar-refractivity contribution in [2.45, 2.75) is 12.5 Å². The number of rotatable bonds is 3. The molecule has 0 spiro atoms. The van der Waals surface area contributed by atoms with Crippen LogP contribution in [0, 0.1) is 15.2 Å². The zero-order valence-corrected chi connectivity index (χ0v) is 13.6. The van der Waals surface area contributed by atoms with Crippen LogP contribution in [0.2, 0.25) is 0 Å². The van der Waals surface area contributed by atoms with Crippen molar-refractivity contribution in [1.82, 2.24) is 0 Å². The van der Waals surface area contributed by atoms with Gasteiger partial charge in [-0.1, -0.05) is 22.0 Å². The fraction of sp³-hybridized carbons (Fsp3) is 0.143. The van der Waals surface area contributed by atoms with Crippen LogP contribution >= 0.6 is 38.5 Å². The van der Waals surface area contributed by atoms with Gasteiger partial charge in [-0.25, -0.2) is 8.78 Å². The molecular weight excluding hydrogens is 427 g/mol. The maximum atomic E-state index is 13.6. The van der Waals surface area contributed by atoms with Gasteiger partial charge in [-0.3, -0.25) is 0 Å². The van der Waals surface area contributed by atoms with Gasteiger partial charge >= 0.3 is 0 Å². The molecular formula is C14H11BrF2IN. The van der Waals surface area contributed by atoms with Gasteiger partial charge in [-0.05, 0) is 64.4 Å². The highest BCUT2D eigenvalue weighted by Crippen LogP contribution is 2.27. The van der Waals surface area contributed by atoms with E-state index < -0.39 is 11.6 Å². The van der Waals surface area contributed by atoms with E-state index in [0.717, 1.165) is 19.7 Å². The van der Waals surface area contributed by atoms with Crippen LogP contribution in [-0.4, -0.2) is 0 Å². The fourth-order valence-electron chi connectivity index (χ4n) is 1.83. The monoisotopic (exact) mass is 437 g/mol. The molecule has 0 aromatic heterocycles. The van der Waals surface area contributed by atoms with Crippen molar-refractivity contribution in [1.29, 1.82) is 0 Å². The third-order valence-electron chi connectivity index (χ3n) is 2.81. The van der Waals surface area contributed by atoms with Crippen LogP contribution in [0.15, 0.2) is 40.9 Å². The summed E-state index contributed by atoms with van der Waals surface area (Å²) in [6.45, 7) is 0. The van der Waals surface area contributed by atoms with E-state index in [-0.39, 0.29) is 6.04 Å². The van der Waals surface area contributed by atoms with Gasteiger partial charge in [0.25, 0.3) is 0 Å². The van der Waals surface area contributed by atoms with Crippen LogP contribution < -0.4 is 5.73 Å². The number of nitrogens with two attached hydrogens (primary N) is 1. The van der Waals surface area contributed by atoms with E-state index in [1.165, 1.54) is 12.1 Å². The van der Waals surface area contributed by atoms with Gasteiger partial charge < -0.3 is 5.73 Å². The number of benzene rings is 2. The van der Waals surface area contributed by atoms with Gasteiger partial charge in [0, 0.05) is 20.2 Å². The molecule has 5 heteroatoms. The van der Waals surface area contributed by atoms with E-state index in [2.05, 4.69) is 38.5 Å². The highest BCUT2D eigenvalue weighted by Gasteiger charge is 2.14. The van der Waals surface area contributed by atoms with Crippen LogP contribution in [0.1, 0.15) is 17.2 Å². The average molecular weight is 438 g/mol. The molecule has 0 aliphatic carbocycles. The van der Waals surface area contributed by atoms with E-state index in [9.17, 15) is 8.78 Å². The van der Waals surface area contributed by atoms with Crippen LogP contribution in [-0.2, 0) is 6.42 Å². The van der Waals surface area contributed by atoms with Crippen molar-refractivity contribution in [3.05, 3.63) is 67.2 Å². The first-order valence-electron chi connectivity index (χ1n) is 5.62. The van der Waals surface area contributed by atoms with Crippen LogP contribution in [0.4, 0.5) is 8.78 Å². The Morgan fingerprint density at radius 3 is 2.58 bits per heavy atom. The molecule has 2 rings (SSSR count). The summed E-state index contributed by atoms with van der Waals surface area (Å²) in [5, 5.41) is 0. The van der Waals surface area contributed by atoms with Gasteiger partial charge in [0.2, 0.25) is 0 Å². The van der Waals surface area contributed by atoms with E-state index in [4.69, 9.17) is 5.73 Å². The lowest BCUT2D eigenvalue weighted by molar-refractivity contribution is 0.563. The minimum Gasteiger partial charge on any atom is -0.324 e. The van der Waals surface area contributed by atoms with Crippen molar-refractivity contribution < 1.29 is 8.78 Å². The first kappa shape index (κ1) is 14.9. The van der Waals surface area contributed by atoms with Crippen molar-refractivity contribution in [2.24, 2.45) is 5.73 Å². The van der Waals surface area contributed by atoms with Crippen molar-refractivity contribution >= 4 is 38.5 Å². The van der Waals surface area contributed by atoms with Gasteiger partial charge in [0.05, 0.1) is 0 Å². The Bertz CT molecular complexity index is 604. The lowest BCUT2D eigenvalue weighted by atomic mass is 9.99. The van der Waals surface area contributed by atoms with Crippen LogP contribution in [0.25, 0.3) is 0 Å². The summed E-state index contributed by atoms with van der Waals surface area (Å²) in [6.07, 6.45) is 0.324. The summed E-state index contributed by atoms with van der Waals surface area (Å²) >= 11 is 5.63. The molecule has 0 aliphatic heterocycles. The van der Waals surface area contributed by atoms with Gasteiger partial charge in [0.1, 0.15) is 11.6 Å². The highest BCUT2D eigenvalue weighted by atomic mass is 127. The lowest BCUT2D eigenvalue weighted by Crippen LogP contribution is -2.15. The highest BCUT2D eigenvalue weighted by molar-refractivity contribution is 14.1. The maximum absolute atomic E-state index is 13.6. The predicted molar refractivity (Wildman–Crippen MR) is 83.8 cm³/mol. The Morgan fingerprint density at radius 1 is 1.16 bits per heavy atom. The molecule has 0 saturated carbocycles. The van der Waals surface area contributed by atoms with E-state index >= 15 is 0 Å². The molecule has 0 saturated heterocycles. The first-order valence-corrected chi connectivity index (χ1v) is 7.49. The Labute approximate surface area is 132 Å². The minimum absolute atomic E-state index is 0.324. The Morgan fingerprint density at radius 2 is 1.89 bits per heavy atom. The second-order valence-electron chi connectivity index (χ2n) is 4.21. The third-order valence-corrected chi connectivity index (χ3v) is 4.21. The SMILES string of the molecule is NC(Cc1ccc(F)cc1F)c1cc(I)ccc1Br. The molecule has 0 radical (unpaired) electrons. The Kier molecular flexibility index (Phi) is 4.92. The Hall–Kier alpha value is -0.530. The molecule has 0 amide bonds. The minimum atomic E-state index is -0.578. The molecule has 2 aromatic rings. The summed E-state index contributed by atoms with van der Waals surface area (Å²) in [5.41, 5.74) is 7.44. The Balaban J connectivity index is 2.25. The number of hydrogen-bond donors (Lipinski definition) is 1. The molecule has 1 nitrogen and oxygen atoms in total. The van der Waals surface area contributed by atoms with E-state index in [1.54, 1.807) is 0 Å². The van der Waals surface area contributed by atoms with Crippen molar-refractivity contribution in [3.8, 4) is 0 Å². The summed E-state index contributed by atoms with van der Waals surface area (Å²) < 4.78 is 28.4. The summed E-state index contributed by atoms with van der Waals surface area (Å²) in [7, 11) is 0. The molecule has 19 heavy (non-hydrogen) atoms. The summed E-state index contributed by atoms with van der Waals surface area (Å²) in [5.74, 6) is -1.14. The lowest BCUT2D eigenvalue weighted by Gasteiger charge is -2.15. The van der Waals surface area contributed by atoms with Crippen molar-refractivity contribution in [3.63, 3.8) is 0 Å². The summed E-state index contributed by atoms with van der Waals surface area (Å²) in [4.78, 5) is 0. The second-order valence-corrected chi connectivity index (χ2v) is 6.31. The van der Waals surface area contributed by atoms with Gasteiger partial charge in [-0.2, -0.15) is 0 Å². The maximum Gasteiger partial charge on any atom is 0.129 e. The standard InChI is InChI=1S/C14H11BrF2IN/c15-12-4-3-10(18)7-11(12)14(19)5-8-1-2-9(16)6-13(8)17/h1-4,6-7,14H,5,19H2. The third kappa shape index (κ3) is 3.73. The van der Waals surface area contributed by atoms with E-state index in [0.29, 0.717) is 12.0 Å². The molecule has 0 aliphatic rings. The first-order chi connectivity index (χ1) is 8.97. The molecule has 1 atom stereocenters. The molecule has 0 bridgehead atoms. The normalized spacial score (nSPS) is 12.5. The zero-order valence-electron chi connectivity index (χ0n) is 9.84. The predicted octanol–water partition coefficient (Wildman–Crippen LogP) is 4.57. The number of hydrogen-bond acceptors (Lipinski definition) is 1. The molecule has 2 N–H and O–H groups in total. The quantitative estimate of drug-likeness (QED) is 0.699. The van der Waals surface area contributed by atoms with Crippen molar-refractivity contribution in [2.75, 3.05) is 0 Å². The molecule has 1 unspecified atom stereocenters. The van der Waals surface area contributed by atoms with Crippen LogP contribution in [0.5, 0.6) is 0 Å². The van der Waals surface area contributed by atoms with Gasteiger partial charge in [-0.15, -0.1) is 0 Å². The second kappa shape index (κ2) is 6.28. The van der Waals surface area contributed by atoms with Crippen LogP contribution in [0.3, 0.4) is 0 Å². The van der Waals surface area contributed by atoms with E-state index in [1.807, 2.05) is 18.2 Å². The van der Waals surface area contributed by atoms with Gasteiger partial charge in [0.15, 0.2) is 0 Å². The molecule has 2 aromatic carbocycles. The fourth-order valence-corrected chi connectivity index (χ4v) is 2.89. The molecule has 100 valence electrons. The average Bonchev–Trinajstić information content (AvgIpc) is 2.35. The summed E-state index contributed by atoms with van der Waals surface area (Å²) in [6, 6.07) is 9.05. The zero-order chi connectivity index (χ0) is 14.0. The molecule has 0 heterocycles. The number of halogens is 4. The largest absolute Gasteiger partial charge is 0.324 e. The molecule has 0 fully saturated rings.